The second-order valence-corrected chi connectivity index (χ2v) is 10.4. The highest BCUT2D eigenvalue weighted by Crippen LogP contribution is 2.44. The molecule has 0 saturated carbocycles. The predicted molar refractivity (Wildman–Crippen MR) is 134 cm³/mol. The first-order chi connectivity index (χ1) is 16.1. The Morgan fingerprint density at radius 3 is 2.06 bits per heavy atom. The number of ether oxygens (including phenoxy) is 1. The standard InChI is InChI=1S/C26H32N2O5S/c1-26(2,3)22(23(29)27-21(24(30)31)13-14-34-4)28-25(32)33-15-20-18-11-7-5-9-16(18)17-10-6-8-12-19(17)20/h5-12,20-22H,13-15H2,1-4H3,(H,27,29)(H,28,32)(H,30,31)/t21-,22+/m1/s1. The van der Waals surface area contributed by atoms with E-state index < -0.39 is 35.5 Å². The van der Waals surface area contributed by atoms with Crippen LogP contribution in [0.5, 0.6) is 0 Å². The van der Waals surface area contributed by atoms with E-state index in [1.165, 1.54) is 11.8 Å². The Hall–Kier alpha value is -3.00. The minimum absolute atomic E-state index is 0.0944. The number of fused-ring (bicyclic) bond motifs is 3. The molecular weight excluding hydrogens is 452 g/mol. The fourth-order valence-corrected chi connectivity index (χ4v) is 4.65. The highest BCUT2D eigenvalue weighted by molar-refractivity contribution is 7.98. The summed E-state index contributed by atoms with van der Waals surface area (Å²) in [6.45, 7) is 5.54. The number of carbonyl (C=O) groups excluding carboxylic acids is 2. The molecule has 0 aliphatic heterocycles. The van der Waals surface area contributed by atoms with Crippen LogP contribution in [-0.4, -0.2) is 53.8 Å². The Labute approximate surface area is 204 Å². The molecule has 0 bridgehead atoms. The largest absolute Gasteiger partial charge is 0.480 e. The zero-order valence-corrected chi connectivity index (χ0v) is 20.8. The molecular formula is C26H32N2O5S. The number of hydrogen-bond donors (Lipinski definition) is 3. The van der Waals surface area contributed by atoms with E-state index in [0.29, 0.717) is 12.2 Å². The molecule has 8 heteroatoms. The van der Waals surface area contributed by atoms with Gasteiger partial charge >= 0.3 is 12.1 Å². The Bertz CT molecular complexity index is 1000. The quantitative estimate of drug-likeness (QED) is 0.491. The van der Waals surface area contributed by atoms with E-state index in [0.717, 1.165) is 22.3 Å². The molecule has 2 amide bonds. The third-order valence-corrected chi connectivity index (χ3v) is 6.60. The molecule has 0 fully saturated rings. The molecule has 0 spiro atoms. The van der Waals surface area contributed by atoms with Gasteiger partial charge in [0.15, 0.2) is 0 Å². The second kappa shape index (κ2) is 11.0. The molecule has 34 heavy (non-hydrogen) atoms. The van der Waals surface area contributed by atoms with Crippen molar-refractivity contribution in [2.24, 2.45) is 5.41 Å². The van der Waals surface area contributed by atoms with Gasteiger partial charge in [0.1, 0.15) is 18.7 Å². The van der Waals surface area contributed by atoms with Gasteiger partial charge in [-0.15, -0.1) is 0 Å². The number of carboxylic acids is 1. The molecule has 2 atom stereocenters. The summed E-state index contributed by atoms with van der Waals surface area (Å²) in [5.41, 5.74) is 3.80. The molecule has 7 nitrogen and oxygen atoms in total. The molecule has 3 N–H and O–H groups in total. The third-order valence-electron chi connectivity index (χ3n) is 5.96. The van der Waals surface area contributed by atoms with Crippen LogP contribution in [0.15, 0.2) is 48.5 Å². The van der Waals surface area contributed by atoms with Gasteiger partial charge in [-0.2, -0.15) is 11.8 Å². The lowest BCUT2D eigenvalue weighted by molar-refractivity contribution is -0.142. The molecule has 0 radical (unpaired) electrons. The zero-order valence-electron chi connectivity index (χ0n) is 20.0. The van der Waals surface area contributed by atoms with Gasteiger partial charge in [0.25, 0.3) is 0 Å². The molecule has 1 aliphatic carbocycles. The number of carboxylic acid groups (broad SMARTS) is 1. The number of aliphatic carboxylic acids is 1. The first-order valence-corrected chi connectivity index (χ1v) is 12.7. The first kappa shape index (κ1) is 25.6. The third kappa shape index (κ3) is 5.91. The predicted octanol–water partition coefficient (Wildman–Crippen LogP) is 4.26. The number of rotatable bonds is 9. The maximum Gasteiger partial charge on any atom is 0.407 e. The molecule has 0 heterocycles. The maximum atomic E-state index is 12.9. The average molecular weight is 485 g/mol. The molecule has 1 aliphatic rings. The van der Waals surface area contributed by atoms with Gasteiger partial charge in [-0.3, -0.25) is 4.79 Å². The summed E-state index contributed by atoms with van der Waals surface area (Å²) in [4.78, 5) is 37.2. The van der Waals surface area contributed by atoms with Crippen LogP contribution in [0, 0.1) is 5.41 Å². The molecule has 182 valence electrons. The summed E-state index contributed by atoms with van der Waals surface area (Å²) in [6.07, 6.45) is 1.45. The minimum atomic E-state index is -1.10. The lowest BCUT2D eigenvalue weighted by Gasteiger charge is -2.31. The maximum absolute atomic E-state index is 12.9. The summed E-state index contributed by atoms with van der Waals surface area (Å²) < 4.78 is 5.58. The van der Waals surface area contributed by atoms with Gasteiger partial charge in [0, 0.05) is 5.92 Å². The van der Waals surface area contributed by atoms with Crippen LogP contribution in [0.3, 0.4) is 0 Å². The Kier molecular flexibility index (Phi) is 8.25. The molecule has 0 unspecified atom stereocenters. The van der Waals surface area contributed by atoms with Gasteiger partial charge in [-0.1, -0.05) is 69.3 Å². The topological polar surface area (TPSA) is 105 Å². The van der Waals surface area contributed by atoms with E-state index >= 15 is 0 Å². The van der Waals surface area contributed by atoms with Crippen LogP contribution in [0.25, 0.3) is 11.1 Å². The minimum Gasteiger partial charge on any atom is -0.480 e. The van der Waals surface area contributed by atoms with Crippen molar-refractivity contribution in [2.75, 3.05) is 18.6 Å². The number of alkyl carbamates (subject to hydrolysis) is 1. The number of nitrogens with one attached hydrogen (secondary N) is 2. The molecule has 0 aromatic heterocycles. The van der Waals surface area contributed by atoms with Crippen molar-refractivity contribution in [3.8, 4) is 11.1 Å². The van der Waals surface area contributed by atoms with E-state index in [4.69, 9.17) is 4.74 Å². The highest BCUT2D eigenvalue weighted by atomic mass is 32.2. The van der Waals surface area contributed by atoms with Gasteiger partial charge in [0.2, 0.25) is 5.91 Å². The summed E-state index contributed by atoms with van der Waals surface area (Å²) in [6, 6.07) is 14.1. The highest BCUT2D eigenvalue weighted by Gasteiger charge is 2.36. The van der Waals surface area contributed by atoms with Gasteiger partial charge in [-0.05, 0) is 46.1 Å². The van der Waals surface area contributed by atoms with E-state index in [9.17, 15) is 19.5 Å². The Balaban J connectivity index is 1.68. The zero-order chi connectivity index (χ0) is 24.9. The van der Waals surface area contributed by atoms with Crippen molar-refractivity contribution >= 4 is 29.7 Å². The van der Waals surface area contributed by atoms with Gasteiger partial charge in [-0.25, -0.2) is 9.59 Å². The van der Waals surface area contributed by atoms with Crippen molar-refractivity contribution in [1.29, 1.82) is 0 Å². The summed E-state index contributed by atoms with van der Waals surface area (Å²) in [5, 5.41) is 14.7. The van der Waals surface area contributed by atoms with Crippen LogP contribution >= 0.6 is 11.8 Å². The summed E-state index contributed by atoms with van der Waals surface area (Å²) in [5.74, 6) is -1.15. The van der Waals surface area contributed by atoms with E-state index in [2.05, 4.69) is 22.8 Å². The number of amides is 2. The van der Waals surface area contributed by atoms with Crippen LogP contribution in [0.1, 0.15) is 44.2 Å². The van der Waals surface area contributed by atoms with Crippen LogP contribution in [-0.2, 0) is 14.3 Å². The number of benzene rings is 2. The van der Waals surface area contributed by atoms with Gasteiger partial charge < -0.3 is 20.5 Å². The molecule has 0 saturated heterocycles. The van der Waals surface area contributed by atoms with Gasteiger partial charge in [0.05, 0.1) is 0 Å². The van der Waals surface area contributed by atoms with Crippen LogP contribution in [0.4, 0.5) is 4.79 Å². The van der Waals surface area contributed by atoms with Crippen molar-refractivity contribution in [3.05, 3.63) is 59.7 Å². The first-order valence-electron chi connectivity index (χ1n) is 11.3. The lowest BCUT2D eigenvalue weighted by atomic mass is 9.86. The van der Waals surface area contributed by atoms with Crippen LogP contribution in [0.2, 0.25) is 0 Å². The SMILES string of the molecule is CSCC[C@@H](NC(=O)[C@H](NC(=O)OCC1c2ccccc2-c2ccccc21)C(C)(C)C)C(=O)O. The molecule has 2 aromatic rings. The fourth-order valence-electron chi connectivity index (χ4n) is 4.18. The van der Waals surface area contributed by atoms with E-state index in [1.54, 1.807) is 20.8 Å². The van der Waals surface area contributed by atoms with E-state index in [-0.39, 0.29) is 12.5 Å². The number of carbonyl (C=O) groups is 3. The smallest absolute Gasteiger partial charge is 0.407 e. The molecule has 2 aromatic carbocycles. The number of thioether (sulfide) groups is 1. The number of hydrogen-bond acceptors (Lipinski definition) is 5. The lowest BCUT2D eigenvalue weighted by Crippen LogP contribution is -2.56. The Morgan fingerprint density at radius 2 is 1.56 bits per heavy atom. The monoisotopic (exact) mass is 484 g/mol. The molecule has 3 rings (SSSR count). The Morgan fingerprint density at radius 1 is 1.00 bits per heavy atom. The second-order valence-electron chi connectivity index (χ2n) is 9.45. The van der Waals surface area contributed by atoms with Crippen molar-refractivity contribution in [2.45, 2.75) is 45.2 Å². The van der Waals surface area contributed by atoms with Crippen LogP contribution < -0.4 is 10.6 Å². The van der Waals surface area contributed by atoms with E-state index in [1.807, 2.05) is 42.7 Å². The normalized spacial score (nSPS) is 14.5. The fraction of sp³-hybridized carbons (Fsp3) is 0.423. The average Bonchev–Trinajstić information content (AvgIpc) is 3.11. The van der Waals surface area contributed by atoms with Crippen molar-refractivity contribution < 1.29 is 24.2 Å². The summed E-state index contributed by atoms with van der Waals surface area (Å²) in [7, 11) is 0. The van der Waals surface area contributed by atoms with Crippen molar-refractivity contribution in [3.63, 3.8) is 0 Å². The summed E-state index contributed by atoms with van der Waals surface area (Å²) >= 11 is 1.50. The van der Waals surface area contributed by atoms with Crippen molar-refractivity contribution in [1.82, 2.24) is 10.6 Å².